The van der Waals surface area contributed by atoms with Crippen molar-refractivity contribution in [2.75, 3.05) is 0 Å². The summed E-state index contributed by atoms with van der Waals surface area (Å²) in [6, 6.07) is 12.3. The molecule has 0 fully saturated rings. The zero-order chi connectivity index (χ0) is 7.52. The molecule has 1 heterocycles. The molecule has 0 saturated heterocycles. The molecule has 1 aromatic heterocycles. The van der Waals surface area contributed by atoms with Crippen LogP contribution >= 0.6 is 0 Å². The first-order valence-electron chi connectivity index (χ1n) is 3.39. The molecule has 0 amide bonds. The number of benzene rings is 1. The number of hydrogen-bond acceptors (Lipinski definition) is 0. The van der Waals surface area contributed by atoms with Gasteiger partial charge in [0.05, 0.1) is 0 Å². The van der Waals surface area contributed by atoms with Gasteiger partial charge in [0.2, 0.25) is 0 Å². The second kappa shape index (κ2) is 3.21. The molecule has 0 atom stereocenters. The standard InChI is InChI=1S/C9H7OTe/c1-2-4-8(5-3-1)9-6-7-11-10-9/h1-7H/q+1. The average Bonchev–Trinajstić information content (AvgIpc) is 2.58. The average molecular weight is 259 g/mol. The molecule has 1 aromatic carbocycles. The van der Waals surface area contributed by atoms with Crippen LogP contribution < -0.4 is 0 Å². The zero-order valence-corrected chi connectivity index (χ0v) is 8.19. The van der Waals surface area contributed by atoms with Crippen LogP contribution in [0.15, 0.2) is 43.2 Å². The second-order valence-electron chi connectivity index (χ2n) is 2.21. The summed E-state index contributed by atoms with van der Waals surface area (Å²) in [7, 11) is 0. The second-order valence-corrected chi connectivity index (χ2v) is 4.01. The predicted molar refractivity (Wildman–Crippen MR) is 45.5 cm³/mol. The van der Waals surface area contributed by atoms with Gasteiger partial charge in [-0.1, -0.05) is 0 Å². The fourth-order valence-electron chi connectivity index (χ4n) is 0.944. The van der Waals surface area contributed by atoms with Gasteiger partial charge >= 0.3 is 75.4 Å². The Morgan fingerprint density at radius 1 is 1.00 bits per heavy atom. The normalized spacial score (nSPS) is 9.82. The van der Waals surface area contributed by atoms with E-state index in [9.17, 15) is 0 Å². The molecule has 0 bridgehead atoms. The van der Waals surface area contributed by atoms with Gasteiger partial charge in [0.25, 0.3) is 0 Å². The van der Waals surface area contributed by atoms with E-state index in [1.54, 1.807) is 0 Å². The van der Waals surface area contributed by atoms with Crippen LogP contribution in [0.4, 0.5) is 0 Å². The fraction of sp³-hybridized carbons (Fsp3) is 0. The van der Waals surface area contributed by atoms with Crippen molar-refractivity contribution in [1.29, 1.82) is 0 Å². The van der Waals surface area contributed by atoms with Gasteiger partial charge in [0.1, 0.15) is 0 Å². The van der Waals surface area contributed by atoms with E-state index in [1.165, 1.54) is 5.56 Å². The van der Waals surface area contributed by atoms with Crippen molar-refractivity contribution in [3.05, 3.63) is 40.5 Å². The van der Waals surface area contributed by atoms with Crippen molar-refractivity contribution in [2.24, 2.45) is 0 Å². The minimum absolute atomic E-state index is 0.297. The van der Waals surface area contributed by atoms with Crippen molar-refractivity contribution < 1.29 is 2.76 Å². The third kappa shape index (κ3) is 1.53. The Morgan fingerprint density at radius 2 is 1.82 bits per heavy atom. The number of rotatable bonds is 1. The van der Waals surface area contributed by atoms with Crippen molar-refractivity contribution in [2.45, 2.75) is 0 Å². The molecule has 0 spiro atoms. The summed E-state index contributed by atoms with van der Waals surface area (Å²) in [4.78, 5) is 0. The summed E-state index contributed by atoms with van der Waals surface area (Å²) in [6.45, 7) is 0. The Kier molecular flexibility index (Phi) is 2.07. The first-order chi connectivity index (χ1) is 5.47. The van der Waals surface area contributed by atoms with Gasteiger partial charge in [0, 0.05) is 0 Å². The molecule has 0 saturated carbocycles. The van der Waals surface area contributed by atoms with Gasteiger partial charge in [-0.15, -0.1) is 0 Å². The van der Waals surface area contributed by atoms with Crippen LogP contribution in [0.25, 0.3) is 11.3 Å². The SMILES string of the molecule is c1ccc(-c2cc[te][o+]2)cc1. The van der Waals surface area contributed by atoms with Crippen molar-refractivity contribution in [3.63, 3.8) is 0 Å². The summed E-state index contributed by atoms with van der Waals surface area (Å²) in [5, 5.41) is 0. The van der Waals surface area contributed by atoms with Crippen LogP contribution in [-0.2, 0) is 0 Å². The summed E-state index contributed by atoms with van der Waals surface area (Å²) >= 11 is -0.297. The predicted octanol–water partition coefficient (Wildman–Crippen LogP) is 2.28. The Bertz CT molecular complexity index is 313. The number of hydrogen-bond donors (Lipinski definition) is 0. The minimum atomic E-state index is -0.297. The van der Waals surface area contributed by atoms with E-state index >= 15 is 0 Å². The van der Waals surface area contributed by atoms with E-state index in [2.05, 4.69) is 22.3 Å². The van der Waals surface area contributed by atoms with Crippen LogP contribution in [0.5, 0.6) is 0 Å². The monoisotopic (exact) mass is 261 g/mol. The van der Waals surface area contributed by atoms with Crippen molar-refractivity contribution in [1.82, 2.24) is 0 Å². The molecular formula is C9H7OTe+. The van der Waals surface area contributed by atoms with Crippen LogP contribution in [0, 0.1) is 0 Å². The molecule has 0 aliphatic heterocycles. The molecule has 1 nitrogen and oxygen atoms in total. The van der Waals surface area contributed by atoms with Gasteiger partial charge in [-0.2, -0.15) is 0 Å². The van der Waals surface area contributed by atoms with Crippen molar-refractivity contribution >= 4 is 20.9 Å². The van der Waals surface area contributed by atoms with Crippen LogP contribution in [0.3, 0.4) is 0 Å². The maximum absolute atomic E-state index is 5.47. The summed E-state index contributed by atoms with van der Waals surface area (Å²) in [5.74, 6) is 1.04. The van der Waals surface area contributed by atoms with Gasteiger partial charge in [0.15, 0.2) is 0 Å². The third-order valence-corrected chi connectivity index (χ3v) is 2.96. The Balaban J connectivity index is 2.46. The summed E-state index contributed by atoms with van der Waals surface area (Å²) < 4.78 is 7.62. The first-order valence-corrected chi connectivity index (χ1v) is 5.69. The van der Waals surface area contributed by atoms with Crippen molar-refractivity contribution in [3.8, 4) is 11.3 Å². The van der Waals surface area contributed by atoms with E-state index in [0.29, 0.717) is 0 Å². The van der Waals surface area contributed by atoms with E-state index in [-0.39, 0.29) is 20.9 Å². The summed E-state index contributed by atoms with van der Waals surface area (Å²) in [5.41, 5.74) is 1.19. The molecule has 0 aliphatic carbocycles. The molecular weight excluding hydrogens is 252 g/mol. The molecule has 54 valence electrons. The van der Waals surface area contributed by atoms with Gasteiger partial charge in [-0.3, -0.25) is 0 Å². The molecule has 0 unspecified atom stereocenters. The molecule has 0 radical (unpaired) electrons. The topological polar surface area (TPSA) is 11.3 Å². The van der Waals surface area contributed by atoms with E-state index < -0.39 is 0 Å². The molecule has 0 N–H and O–H groups in total. The maximum atomic E-state index is 5.47. The quantitative estimate of drug-likeness (QED) is 0.564. The molecule has 2 aromatic rings. The Hall–Kier alpha value is -0.580. The van der Waals surface area contributed by atoms with Crippen LogP contribution in [0.2, 0.25) is 0 Å². The van der Waals surface area contributed by atoms with Gasteiger partial charge < -0.3 is 0 Å². The van der Waals surface area contributed by atoms with Crippen LogP contribution in [0.1, 0.15) is 0 Å². The first kappa shape index (κ1) is 7.09. The zero-order valence-electron chi connectivity index (χ0n) is 5.86. The fourth-order valence-corrected chi connectivity index (χ4v) is 2.34. The van der Waals surface area contributed by atoms with Gasteiger partial charge in [-0.25, -0.2) is 0 Å². The third-order valence-electron chi connectivity index (χ3n) is 1.47. The molecule has 2 heteroatoms. The Morgan fingerprint density at radius 3 is 2.45 bits per heavy atom. The molecule has 11 heavy (non-hydrogen) atoms. The van der Waals surface area contributed by atoms with E-state index in [4.69, 9.17) is 2.76 Å². The van der Waals surface area contributed by atoms with E-state index in [0.717, 1.165) is 5.76 Å². The Labute approximate surface area is 75.5 Å². The van der Waals surface area contributed by atoms with Crippen LogP contribution in [-0.4, -0.2) is 20.9 Å². The molecule has 2 rings (SSSR count). The summed E-state index contributed by atoms with van der Waals surface area (Å²) in [6.07, 6.45) is 0. The van der Waals surface area contributed by atoms with E-state index in [1.807, 2.05) is 18.2 Å². The molecule has 0 aliphatic rings. The van der Waals surface area contributed by atoms with Gasteiger partial charge in [-0.05, 0) is 0 Å².